The van der Waals surface area contributed by atoms with Crippen LogP contribution in [0.5, 0.6) is 0 Å². The van der Waals surface area contributed by atoms with E-state index in [9.17, 15) is 18.5 Å². The highest BCUT2D eigenvalue weighted by Gasteiger charge is 2.17. The van der Waals surface area contributed by atoms with Crippen LogP contribution >= 0.6 is 0 Å². The second-order valence-corrected chi connectivity index (χ2v) is 8.00. The molecule has 0 fully saturated rings. The minimum absolute atomic E-state index is 0.0734. The zero-order valence-corrected chi connectivity index (χ0v) is 16.2. The topological polar surface area (TPSA) is 131 Å². The van der Waals surface area contributed by atoms with E-state index in [4.69, 9.17) is 0 Å². The number of nitrogens with zero attached hydrogens (tertiary/aromatic N) is 3. The van der Waals surface area contributed by atoms with E-state index in [-0.39, 0.29) is 10.6 Å². The predicted octanol–water partition coefficient (Wildman–Crippen LogP) is 3.85. The lowest BCUT2D eigenvalue weighted by atomic mass is 10.0. The first-order valence-electron chi connectivity index (χ1n) is 8.76. The van der Waals surface area contributed by atoms with Crippen LogP contribution in [0.3, 0.4) is 0 Å². The van der Waals surface area contributed by atoms with E-state index in [1.807, 2.05) is 18.2 Å². The number of nitrogens with one attached hydrogen (secondary N) is 2. The lowest BCUT2D eigenvalue weighted by Gasteiger charge is -2.10. The van der Waals surface area contributed by atoms with Crippen molar-refractivity contribution in [2.75, 3.05) is 4.72 Å². The molecule has 30 heavy (non-hydrogen) atoms. The van der Waals surface area contributed by atoms with Gasteiger partial charge < -0.3 is 0 Å². The zero-order chi connectivity index (χ0) is 21.1. The summed E-state index contributed by atoms with van der Waals surface area (Å²) in [6, 6.07) is 15.2. The molecule has 4 rings (SSSR count). The van der Waals surface area contributed by atoms with Crippen molar-refractivity contribution >= 4 is 21.4 Å². The molecule has 0 spiro atoms. The fourth-order valence-corrected chi connectivity index (χ4v) is 4.00. The summed E-state index contributed by atoms with van der Waals surface area (Å²) in [6.45, 7) is 0. The first kappa shape index (κ1) is 19.3. The van der Waals surface area contributed by atoms with E-state index < -0.39 is 14.9 Å². The van der Waals surface area contributed by atoms with E-state index in [2.05, 4.69) is 19.9 Å². The first-order chi connectivity index (χ1) is 14.4. The van der Waals surface area contributed by atoms with Crippen molar-refractivity contribution < 1.29 is 13.3 Å². The van der Waals surface area contributed by atoms with Gasteiger partial charge in [0.05, 0.1) is 15.5 Å². The Morgan fingerprint density at radius 1 is 0.967 bits per heavy atom. The third-order valence-corrected chi connectivity index (χ3v) is 5.77. The van der Waals surface area contributed by atoms with Crippen molar-refractivity contribution in [1.29, 1.82) is 0 Å². The van der Waals surface area contributed by atoms with Crippen molar-refractivity contribution in [1.82, 2.24) is 15.2 Å². The Bertz CT molecular complexity index is 1300. The smallest absolute Gasteiger partial charge is 0.269 e. The molecule has 0 unspecified atom stereocenters. The van der Waals surface area contributed by atoms with Crippen molar-refractivity contribution in [2.45, 2.75) is 4.90 Å². The van der Waals surface area contributed by atoms with Crippen LogP contribution in [0, 0.1) is 10.1 Å². The molecule has 0 aliphatic carbocycles. The number of hydrogen-bond acceptors (Lipinski definition) is 6. The van der Waals surface area contributed by atoms with Gasteiger partial charge in [-0.05, 0) is 42.0 Å². The fraction of sp³-hybridized carbons (Fsp3) is 0. The maximum absolute atomic E-state index is 12.7. The molecule has 0 bridgehead atoms. The molecular weight excluding hydrogens is 406 g/mol. The molecule has 0 aliphatic rings. The third kappa shape index (κ3) is 3.89. The normalized spacial score (nSPS) is 11.2. The number of nitro benzene ring substituents is 1. The fourth-order valence-electron chi connectivity index (χ4n) is 2.95. The lowest BCUT2D eigenvalue weighted by molar-refractivity contribution is -0.384. The maximum atomic E-state index is 12.7. The van der Waals surface area contributed by atoms with Gasteiger partial charge in [0, 0.05) is 47.5 Å². The molecular formula is C20H15N5O4S. The van der Waals surface area contributed by atoms with Crippen LogP contribution < -0.4 is 4.72 Å². The average molecular weight is 421 g/mol. The van der Waals surface area contributed by atoms with Crippen molar-refractivity contribution in [3.05, 3.63) is 89.4 Å². The number of aromatic amines is 1. The van der Waals surface area contributed by atoms with Gasteiger partial charge in [0.1, 0.15) is 0 Å². The number of benzene rings is 2. The number of aromatic nitrogens is 3. The molecule has 0 atom stereocenters. The van der Waals surface area contributed by atoms with Crippen molar-refractivity contribution in [3.63, 3.8) is 0 Å². The van der Waals surface area contributed by atoms with Crippen LogP contribution in [0.15, 0.2) is 84.1 Å². The van der Waals surface area contributed by atoms with Gasteiger partial charge in [-0.25, -0.2) is 8.42 Å². The second-order valence-electron chi connectivity index (χ2n) is 6.32. The van der Waals surface area contributed by atoms with E-state index in [0.29, 0.717) is 16.9 Å². The van der Waals surface area contributed by atoms with Crippen LogP contribution in [-0.4, -0.2) is 28.5 Å². The Labute approximate surface area is 171 Å². The van der Waals surface area contributed by atoms with E-state index in [1.165, 1.54) is 12.1 Å². The van der Waals surface area contributed by atoms with E-state index >= 15 is 0 Å². The molecule has 150 valence electrons. The number of sulfonamides is 1. The molecule has 2 heterocycles. The van der Waals surface area contributed by atoms with E-state index in [1.54, 1.807) is 36.8 Å². The molecule has 0 saturated heterocycles. The molecule has 2 N–H and O–H groups in total. The highest BCUT2D eigenvalue weighted by Crippen LogP contribution is 2.31. The van der Waals surface area contributed by atoms with Crippen molar-refractivity contribution in [3.8, 4) is 22.4 Å². The number of hydrogen-bond donors (Lipinski definition) is 2. The SMILES string of the molecule is O=[N+]([O-])c1ccc(S(=O)(=O)Nc2cccc(-c3n[nH]cc3-c3ccncc3)c2)cc1. The van der Waals surface area contributed by atoms with Gasteiger partial charge in [0.2, 0.25) is 0 Å². The summed E-state index contributed by atoms with van der Waals surface area (Å²) in [5, 5.41) is 17.9. The largest absolute Gasteiger partial charge is 0.284 e. The standard InChI is InChI=1S/C20H15N5O4S/c26-25(27)17-4-6-18(7-5-17)30(28,29)24-16-3-1-2-15(12-16)20-19(13-22-23-20)14-8-10-21-11-9-14/h1-13,24H,(H,22,23). The maximum Gasteiger partial charge on any atom is 0.269 e. The van der Waals surface area contributed by atoms with Crippen LogP contribution in [0.1, 0.15) is 0 Å². The Balaban J connectivity index is 1.63. The van der Waals surface area contributed by atoms with Gasteiger partial charge in [-0.1, -0.05) is 12.1 Å². The summed E-state index contributed by atoms with van der Waals surface area (Å²) in [7, 11) is -3.91. The Kier molecular flexibility index (Phi) is 4.98. The molecule has 0 radical (unpaired) electrons. The number of non-ortho nitro benzene ring substituents is 1. The second kappa shape index (κ2) is 7.76. The van der Waals surface area contributed by atoms with Gasteiger partial charge in [-0.3, -0.25) is 24.9 Å². The highest BCUT2D eigenvalue weighted by atomic mass is 32.2. The van der Waals surface area contributed by atoms with Crippen LogP contribution in [0.4, 0.5) is 11.4 Å². The molecule has 9 nitrogen and oxygen atoms in total. The van der Waals surface area contributed by atoms with Crippen LogP contribution in [-0.2, 0) is 10.0 Å². The van der Waals surface area contributed by atoms with E-state index in [0.717, 1.165) is 23.3 Å². The molecule has 0 aliphatic heterocycles. The zero-order valence-electron chi connectivity index (χ0n) is 15.4. The highest BCUT2D eigenvalue weighted by molar-refractivity contribution is 7.92. The Morgan fingerprint density at radius 2 is 1.70 bits per heavy atom. The molecule has 0 saturated carbocycles. The van der Waals surface area contributed by atoms with Gasteiger partial charge in [0.25, 0.3) is 15.7 Å². The Hall–Kier alpha value is -4.05. The molecule has 10 heteroatoms. The summed E-state index contributed by atoms with van der Waals surface area (Å²) in [5.41, 5.74) is 3.32. The molecule has 2 aromatic heterocycles. The number of pyridine rings is 1. The molecule has 4 aromatic rings. The van der Waals surface area contributed by atoms with Crippen LogP contribution in [0.25, 0.3) is 22.4 Å². The lowest BCUT2D eigenvalue weighted by Crippen LogP contribution is -2.12. The quantitative estimate of drug-likeness (QED) is 0.359. The van der Waals surface area contributed by atoms with Gasteiger partial charge in [-0.15, -0.1) is 0 Å². The number of anilines is 1. The Morgan fingerprint density at radius 3 is 2.40 bits per heavy atom. The van der Waals surface area contributed by atoms with Gasteiger partial charge in [0.15, 0.2) is 0 Å². The summed E-state index contributed by atoms with van der Waals surface area (Å²) in [6.07, 6.45) is 5.13. The summed E-state index contributed by atoms with van der Waals surface area (Å²) < 4.78 is 27.8. The molecule has 2 aromatic carbocycles. The third-order valence-electron chi connectivity index (χ3n) is 4.38. The number of rotatable bonds is 6. The molecule has 0 amide bonds. The first-order valence-corrected chi connectivity index (χ1v) is 10.2. The number of H-pyrrole nitrogens is 1. The predicted molar refractivity (Wildman–Crippen MR) is 111 cm³/mol. The van der Waals surface area contributed by atoms with Gasteiger partial charge >= 0.3 is 0 Å². The van der Waals surface area contributed by atoms with Crippen LogP contribution in [0.2, 0.25) is 0 Å². The summed E-state index contributed by atoms with van der Waals surface area (Å²) in [4.78, 5) is 14.1. The minimum Gasteiger partial charge on any atom is -0.284 e. The summed E-state index contributed by atoms with van der Waals surface area (Å²) >= 11 is 0. The average Bonchev–Trinajstić information content (AvgIpc) is 3.24. The minimum atomic E-state index is -3.91. The van der Waals surface area contributed by atoms with Crippen molar-refractivity contribution in [2.24, 2.45) is 0 Å². The monoisotopic (exact) mass is 421 g/mol. The van der Waals surface area contributed by atoms with Gasteiger partial charge in [-0.2, -0.15) is 5.10 Å². The number of nitro groups is 1. The summed E-state index contributed by atoms with van der Waals surface area (Å²) in [5.74, 6) is 0.